The molecule has 0 aliphatic rings. The molecule has 0 radical (unpaired) electrons. The zero-order chi connectivity index (χ0) is 9.52. The number of rotatable bonds is 5. The van der Waals surface area contributed by atoms with Gasteiger partial charge in [-0.2, -0.15) is 0 Å². The van der Waals surface area contributed by atoms with Crippen molar-refractivity contribution in [3.8, 4) is 0 Å². The fraction of sp³-hybridized carbons (Fsp3) is 0.556. The predicted molar refractivity (Wildman–Crippen MR) is 57.7 cm³/mol. The molecule has 1 aromatic heterocycles. The minimum Gasteiger partial charge on any atom is -0.354 e. The summed E-state index contributed by atoms with van der Waals surface area (Å²) in [4.78, 5) is 8.21. The van der Waals surface area contributed by atoms with Crippen LogP contribution in [0, 0.1) is 0 Å². The fourth-order valence-corrected chi connectivity index (χ4v) is 1.18. The maximum absolute atomic E-state index is 4.11. The summed E-state index contributed by atoms with van der Waals surface area (Å²) in [5.41, 5.74) is 0. The average Bonchev–Trinajstić information content (AvgIpc) is 2.15. The van der Waals surface area contributed by atoms with Gasteiger partial charge in [0.1, 0.15) is 0 Å². The lowest BCUT2D eigenvalue weighted by molar-refractivity contribution is 0.740. The molecule has 0 spiro atoms. The molecular formula is C9H14BrN3. The van der Waals surface area contributed by atoms with E-state index in [4.69, 9.17) is 0 Å². The Morgan fingerprint density at radius 2 is 2.00 bits per heavy atom. The van der Waals surface area contributed by atoms with Gasteiger partial charge >= 0.3 is 0 Å². The highest BCUT2D eigenvalue weighted by molar-refractivity contribution is 9.10. The quantitative estimate of drug-likeness (QED) is 0.809. The largest absolute Gasteiger partial charge is 0.354 e. The van der Waals surface area contributed by atoms with Crippen molar-refractivity contribution in [2.75, 3.05) is 11.9 Å². The van der Waals surface area contributed by atoms with Crippen LogP contribution in [0.3, 0.4) is 0 Å². The molecule has 13 heavy (non-hydrogen) atoms. The molecule has 4 heteroatoms. The van der Waals surface area contributed by atoms with Crippen LogP contribution < -0.4 is 5.32 Å². The number of anilines is 1. The van der Waals surface area contributed by atoms with Crippen molar-refractivity contribution in [1.29, 1.82) is 0 Å². The minimum absolute atomic E-state index is 0.708. The van der Waals surface area contributed by atoms with E-state index in [1.807, 2.05) is 0 Å². The van der Waals surface area contributed by atoms with Crippen LogP contribution in [0.1, 0.15) is 26.2 Å². The van der Waals surface area contributed by atoms with Gasteiger partial charge in [-0.25, -0.2) is 9.97 Å². The number of hydrogen-bond donors (Lipinski definition) is 1. The SMILES string of the molecule is CCCCCNc1ncc(Br)cn1. The average molecular weight is 244 g/mol. The minimum atomic E-state index is 0.708. The van der Waals surface area contributed by atoms with Crippen molar-refractivity contribution in [2.45, 2.75) is 26.2 Å². The van der Waals surface area contributed by atoms with E-state index in [-0.39, 0.29) is 0 Å². The van der Waals surface area contributed by atoms with Crippen LogP contribution in [0.15, 0.2) is 16.9 Å². The lowest BCUT2D eigenvalue weighted by Gasteiger charge is -2.02. The summed E-state index contributed by atoms with van der Waals surface area (Å²) < 4.78 is 0.909. The highest BCUT2D eigenvalue weighted by Gasteiger charge is 1.93. The molecule has 1 heterocycles. The Bertz CT molecular complexity index is 235. The number of aromatic nitrogens is 2. The van der Waals surface area contributed by atoms with Crippen LogP contribution in [0.25, 0.3) is 0 Å². The van der Waals surface area contributed by atoms with Gasteiger partial charge in [-0.3, -0.25) is 0 Å². The number of halogens is 1. The van der Waals surface area contributed by atoms with E-state index in [0.29, 0.717) is 5.95 Å². The highest BCUT2D eigenvalue weighted by atomic mass is 79.9. The number of nitrogens with one attached hydrogen (secondary N) is 1. The van der Waals surface area contributed by atoms with Crippen molar-refractivity contribution in [1.82, 2.24) is 9.97 Å². The molecule has 1 rings (SSSR count). The summed E-state index contributed by atoms with van der Waals surface area (Å²) in [5.74, 6) is 0.708. The van der Waals surface area contributed by atoms with Crippen molar-refractivity contribution in [3.63, 3.8) is 0 Å². The third kappa shape index (κ3) is 4.22. The molecule has 0 aliphatic heterocycles. The van der Waals surface area contributed by atoms with Gasteiger partial charge in [0.15, 0.2) is 0 Å². The van der Waals surface area contributed by atoms with Crippen molar-refractivity contribution >= 4 is 21.9 Å². The molecule has 72 valence electrons. The van der Waals surface area contributed by atoms with Crippen molar-refractivity contribution < 1.29 is 0 Å². The number of nitrogens with zero attached hydrogens (tertiary/aromatic N) is 2. The first kappa shape index (κ1) is 10.4. The fourth-order valence-electron chi connectivity index (χ4n) is 0.979. The normalized spacial score (nSPS) is 10.0. The molecule has 0 aromatic carbocycles. The maximum Gasteiger partial charge on any atom is 0.222 e. The molecule has 0 bridgehead atoms. The summed E-state index contributed by atoms with van der Waals surface area (Å²) in [7, 11) is 0. The van der Waals surface area contributed by atoms with Gasteiger partial charge in [-0.05, 0) is 22.4 Å². The lowest BCUT2D eigenvalue weighted by Crippen LogP contribution is -2.04. The van der Waals surface area contributed by atoms with Gasteiger partial charge in [0.2, 0.25) is 5.95 Å². The molecule has 0 atom stereocenters. The van der Waals surface area contributed by atoms with E-state index in [1.165, 1.54) is 19.3 Å². The molecule has 1 aromatic rings. The monoisotopic (exact) mass is 243 g/mol. The Morgan fingerprint density at radius 3 is 2.62 bits per heavy atom. The smallest absolute Gasteiger partial charge is 0.222 e. The zero-order valence-electron chi connectivity index (χ0n) is 7.76. The number of unbranched alkanes of at least 4 members (excludes halogenated alkanes) is 2. The zero-order valence-corrected chi connectivity index (χ0v) is 9.34. The summed E-state index contributed by atoms with van der Waals surface area (Å²) in [6.45, 7) is 3.14. The Kier molecular flexibility index (Phi) is 4.75. The second-order valence-corrected chi connectivity index (χ2v) is 3.77. The molecule has 0 saturated heterocycles. The van der Waals surface area contributed by atoms with E-state index in [2.05, 4.69) is 38.1 Å². The topological polar surface area (TPSA) is 37.8 Å². The predicted octanol–water partition coefficient (Wildman–Crippen LogP) is 2.84. The van der Waals surface area contributed by atoms with Crippen molar-refractivity contribution in [3.05, 3.63) is 16.9 Å². The summed E-state index contributed by atoms with van der Waals surface area (Å²) >= 11 is 3.29. The van der Waals surface area contributed by atoms with Gasteiger partial charge in [0.05, 0.1) is 4.47 Å². The number of hydrogen-bond acceptors (Lipinski definition) is 3. The molecular weight excluding hydrogens is 230 g/mol. The first-order chi connectivity index (χ1) is 6.33. The van der Waals surface area contributed by atoms with Crippen LogP contribution in [0.4, 0.5) is 5.95 Å². The van der Waals surface area contributed by atoms with E-state index >= 15 is 0 Å². The van der Waals surface area contributed by atoms with Crippen LogP contribution in [-0.4, -0.2) is 16.5 Å². The highest BCUT2D eigenvalue weighted by Crippen LogP contribution is 2.06. The van der Waals surface area contributed by atoms with Gasteiger partial charge in [0.25, 0.3) is 0 Å². The van der Waals surface area contributed by atoms with Crippen LogP contribution in [0.5, 0.6) is 0 Å². The molecule has 0 aliphatic carbocycles. The van der Waals surface area contributed by atoms with E-state index < -0.39 is 0 Å². The van der Waals surface area contributed by atoms with Gasteiger partial charge in [-0.15, -0.1) is 0 Å². The summed E-state index contributed by atoms with van der Waals surface area (Å²) in [6, 6.07) is 0. The van der Waals surface area contributed by atoms with Crippen LogP contribution in [-0.2, 0) is 0 Å². The third-order valence-corrected chi connectivity index (χ3v) is 2.09. The summed E-state index contributed by atoms with van der Waals surface area (Å²) in [6.07, 6.45) is 7.16. The molecule has 0 amide bonds. The Labute approximate surface area is 87.1 Å². The third-order valence-electron chi connectivity index (χ3n) is 1.68. The molecule has 0 saturated carbocycles. The maximum atomic E-state index is 4.11. The second-order valence-electron chi connectivity index (χ2n) is 2.86. The summed E-state index contributed by atoms with van der Waals surface area (Å²) in [5, 5.41) is 3.16. The molecule has 0 fully saturated rings. The van der Waals surface area contributed by atoms with Gasteiger partial charge in [0, 0.05) is 18.9 Å². The van der Waals surface area contributed by atoms with Crippen LogP contribution >= 0.6 is 15.9 Å². The molecule has 0 unspecified atom stereocenters. The van der Waals surface area contributed by atoms with Crippen molar-refractivity contribution in [2.24, 2.45) is 0 Å². The lowest BCUT2D eigenvalue weighted by atomic mass is 10.2. The van der Waals surface area contributed by atoms with E-state index in [0.717, 1.165) is 11.0 Å². The molecule has 1 N–H and O–H groups in total. The van der Waals surface area contributed by atoms with E-state index in [9.17, 15) is 0 Å². The first-order valence-electron chi connectivity index (χ1n) is 4.54. The van der Waals surface area contributed by atoms with Gasteiger partial charge < -0.3 is 5.32 Å². The van der Waals surface area contributed by atoms with Crippen LogP contribution in [0.2, 0.25) is 0 Å². The second kappa shape index (κ2) is 5.91. The van der Waals surface area contributed by atoms with Gasteiger partial charge in [-0.1, -0.05) is 19.8 Å². The molecule has 3 nitrogen and oxygen atoms in total. The van der Waals surface area contributed by atoms with E-state index in [1.54, 1.807) is 12.4 Å². The Morgan fingerprint density at radius 1 is 1.31 bits per heavy atom. The Balaban J connectivity index is 2.25. The Hall–Kier alpha value is -0.640. The first-order valence-corrected chi connectivity index (χ1v) is 5.33. The standard InChI is InChI=1S/C9H14BrN3/c1-2-3-4-5-11-9-12-6-8(10)7-13-9/h6-7H,2-5H2,1H3,(H,11,12,13).